The number of benzene rings is 1. The van der Waals surface area contributed by atoms with Gasteiger partial charge in [0.05, 0.1) is 0 Å². The van der Waals surface area contributed by atoms with Gasteiger partial charge in [-0.1, -0.05) is 36.6 Å². The van der Waals surface area contributed by atoms with Crippen LogP contribution in [0.15, 0.2) is 24.3 Å². The zero-order valence-electron chi connectivity index (χ0n) is 12.4. The Kier molecular flexibility index (Phi) is 6.52. The van der Waals surface area contributed by atoms with Crippen molar-refractivity contribution in [2.75, 3.05) is 6.54 Å². The Morgan fingerprint density at radius 2 is 2.10 bits per heavy atom. The largest absolute Gasteiger partial charge is 0.481 e. The standard InChI is InChI=1S/C17H24ClNO2/c18-15-9-5-8-14(12-15)17(13-6-1-2-7-13)19-11-4-3-10-16(20)21/h5,8-9,12-13,17,19H,1-4,6-7,10-11H2,(H,20,21). The van der Waals surface area contributed by atoms with Crippen molar-refractivity contribution in [1.29, 1.82) is 0 Å². The van der Waals surface area contributed by atoms with Gasteiger partial charge >= 0.3 is 5.97 Å². The molecule has 3 nitrogen and oxygen atoms in total. The summed E-state index contributed by atoms with van der Waals surface area (Å²) in [5.41, 5.74) is 1.26. The zero-order valence-corrected chi connectivity index (χ0v) is 13.1. The smallest absolute Gasteiger partial charge is 0.303 e. The van der Waals surface area contributed by atoms with Crippen LogP contribution in [0, 0.1) is 5.92 Å². The van der Waals surface area contributed by atoms with E-state index >= 15 is 0 Å². The first kappa shape index (κ1) is 16.3. The Morgan fingerprint density at radius 1 is 1.33 bits per heavy atom. The molecule has 1 aromatic rings. The first-order valence-corrected chi connectivity index (χ1v) is 8.25. The summed E-state index contributed by atoms with van der Waals surface area (Å²) in [7, 11) is 0. The molecule has 1 unspecified atom stereocenters. The summed E-state index contributed by atoms with van der Waals surface area (Å²) in [5.74, 6) is -0.0416. The summed E-state index contributed by atoms with van der Waals surface area (Å²) in [4.78, 5) is 10.5. The topological polar surface area (TPSA) is 49.3 Å². The number of carboxylic acids is 1. The lowest BCUT2D eigenvalue weighted by atomic mass is 9.91. The third-order valence-electron chi connectivity index (χ3n) is 4.26. The first-order valence-electron chi connectivity index (χ1n) is 7.87. The lowest BCUT2D eigenvalue weighted by Gasteiger charge is -2.25. The van der Waals surface area contributed by atoms with Gasteiger partial charge in [-0.3, -0.25) is 4.79 Å². The average Bonchev–Trinajstić information content (AvgIpc) is 2.96. The van der Waals surface area contributed by atoms with Crippen LogP contribution in [-0.2, 0) is 4.79 Å². The van der Waals surface area contributed by atoms with E-state index in [-0.39, 0.29) is 6.42 Å². The molecule has 1 aliphatic carbocycles. The van der Waals surface area contributed by atoms with Crippen molar-refractivity contribution in [2.45, 2.75) is 51.0 Å². The van der Waals surface area contributed by atoms with Gasteiger partial charge in [-0.05, 0) is 55.8 Å². The minimum Gasteiger partial charge on any atom is -0.481 e. The zero-order chi connectivity index (χ0) is 15.1. The van der Waals surface area contributed by atoms with Crippen LogP contribution in [-0.4, -0.2) is 17.6 Å². The summed E-state index contributed by atoms with van der Waals surface area (Å²) in [6, 6.07) is 8.44. The van der Waals surface area contributed by atoms with Crippen molar-refractivity contribution in [2.24, 2.45) is 5.92 Å². The summed E-state index contributed by atoms with van der Waals surface area (Å²) in [6.45, 7) is 0.862. The van der Waals surface area contributed by atoms with E-state index in [1.165, 1.54) is 31.2 Å². The lowest BCUT2D eigenvalue weighted by Crippen LogP contribution is -2.28. The second kappa shape index (κ2) is 8.40. The second-order valence-electron chi connectivity index (χ2n) is 5.88. The molecule has 1 aromatic carbocycles. The third-order valence-corrected chi connectivity index (χ3v) is 4.50. The Balaban J connectivity index is 1.91. The third kappa shape index (κ3) is 5.33. The Morgan fingerprint density at radius 3 is 2.76 bits per heavy atom. The summed E-state index contributed by atoms with van der Waals surface area (Å²) in [5, 5.41) is 13.1. The molecule has 0 heterocycles. The van der Waals surface area contributed by atoms with Gasteiger partial charge < -0.3 is 10.4 Å². The molecule has 0 bridgehead atoms. The quantitative estimate of drug-likeness (QED) is 0.699. The maximum Gasteiger partial charge on any atom is 0.303 e. The molecule has 0 spiro atoms. The van der Waals surface area contributed by atoms with Gasteiger partial charge in [-0.15, -0.1) is 0 Å². The lowest BCUT2D eigenvalue weighted by molar-refractivity contribution is -0.137. The summed E-state index contributed by atoms with van der Waals surface area (Å²) >= 11 is 6.12. The fourth-order valence-corrected chi connectivity index (χ4v) is 3.40. The van der Waals surface area contributed by atoms with Crippen LogP contribution in [0.1, 0.15) is 56.6 Å². The number of carboxylic acid groups (broad SMARTS) is 1. The molecule has 116 valence electrons. The van der Waals surface area contributed by atoms with Gasteiger partial charge in [0.1, 0.15) is 0 Å². The van der Waals surface area contributed by atoms with E-state index in [1.807, 2.05) is 12.1 Å². The summed E-state index contributed by atoms with van der Waals surface area (Å²) < 4.78 is 0. The first-order chi connectivity index (χ1) is 10.2. The van der Waals surface area contributed by atoms with Gasteiger partial charge in [0.25, 0.3) is 0 Å². The molecule has 1 fully saturated rings. The van der Waals surface area contributed by atoms with E-state index in [9.17, 15) is 4.79 Å². The normalized spacial score (nSPS) is 17.0. The molecule has 1 saturated carbocycles. The van der Waals surface area contributed by atoms with E-state index in [0.717, 1.165) is 24.4 Å². The predicted octanol–water partition coefficient (Wildman–Crippen LogP) is 4.42. The van der Waals surface area contributed by atoms with Crippen molar-refractivity contribution in [3.63, 3.8) is 0 Å². The molecule has 21 heavy (non-hydrogen) atoms. The van der Waals surface area contributed by atoms with Gasteiger partial charge in [0.15, 0.2) is 0 Å². The van der Waals surface area contributed by atoms with Gasteiger partial charge in [-0.2, -0.15) is 0 Å². The van der Waals surface area contributed by atoms with E-state index < -0.39 is 5.97 Å². The predicted molar refractivity (Wildman–Crippen MR) is 85.6 cm³/mol. The number of carbonyl (C=O) groups is 1. The molecule has 2 N–H and O–H groups in total. The summed E-state index contributed by atoms with van der Waals surface area (Å²) in [6.07, 6.45) is 7.03. The van der Waals surface area contributed by atoms with Crippen LogP contribution in [0.2, 0.25) is 5.02 Å². The number of aliphatic carboxylic acids is 1. The van der Waals surface area contributed by atoms with Gasteiger partial charge in [0, 0.05) is 17.5 Å². The number of halogens is 1. The molecule has 0 amide bonds. The molecule has 1 atom stereocenters. The molecule has 4 heteroatoms. The van der Waals surface area contributed by atoms with Crippen LogP contribution < -0.4 is 5.32 Å². The molecule has 1 aliphatic rings. The Hall–Kier alpha value is -1.06. The molecular weight excluding hydrogens is 286 g/mol. The molecule has 2 rings (SSSR count). The molecule has 0 aliphatic heterocycles. The van der Waals surface area contributed by atoms with E-state index in [4.69, 9.17) is 16.7 Å². The van der Waals surface area contributed by atoms with Crippen LogP contribution in [0.4, 0.5) is 0 Å². The number of hydrogen-bond donors (Lipinski definition) is 2. The highest BCUT2D eigenvalue weighted by Gasteiger charge is 2.25. The maximum atomic E-state index is 10.5. The van der Waals surface area contributed by atoms with Crippen molar-refractivity contribution in [3.8, 4) is 0 Å². The monoisotopic (exact) mass is 309 g/mol. The number of nitrogens with one attached hydrogen (secondary N) is 1. The van der Waals surface area contributed by atoms with E-state index in [1.54, 1.807) is 0 Å². The van der Waals surface area contributed by atoms with Crippen LogP contribution >= 0.6 is 11.6 Å². The van der Waals surface area contributed by atoms with Crippen molar-refractivity contribution in [3.05, 3.63) is 34.9 Å². The average molecular weight is 310 g/mol. The fourth-order valence-electron chi connectivity index (χ4n) is 3.21. The minimum absolute atomic E-state index is 0.257. The van der Waals surface area contributed by atoms with E-state index in [0.29, 0.717) is 12.0 Å². The maximum absolute atomic E-state index is 10.5. The van der Waals surface area contributed by atoms with E-state index in [2.05, 4.69) is 17.4 Å². The van der Waals surface area contributed by atoms with Crippen LogP contribution in [0.5, 0.6) is 0 Å². The second-order valence-corrected chi connectivity index (χ2v) is 6.32. The molecule has 0 aromatic heterocycles. The fraction of sp³-hybridized carbons (Fsp3) is 0.588. The van der Waals surface area contributed by atoms with Gasteiger partial charge in [-0.25, -0.2) is 0 Å². The van der Waals surface area contributed by atoms with Crippen LogP contribution in [0.3, 0.4) is 0 Å². The number of hydrogen-bond acceptors (Lipinski definition) is 2. The van der Waals surface area contributed by atoms with Crippen molar-refractivity contribution in [1.82, 2.24) is 5.32 Å². The Bertz CT molecular complexity index is 458. The minimum atomic E-state index is -0.711. The number of unbranched alkanes of at least 4 members (excludes halogenated alkanes) is 1. The molecular formula is C17H24ClNO2. The van der Waals surface area contributed by atoms with Crippen LogP contribution in [0.25, 0.3) is 0 Å². The highest BCUT2D eigenvalue weighted by Crippen LogP contribution is 2.36. The SMILES string of the molecule is O=C(O)CCCCNC(c1cccc(Cl)c1)C1CCCC1. The number of rotatable bonds is 8. The highest BCUT2D eigenvalue weighted by molar-refractivity contribution is 6.30. The van der Waals surface area contributed by atoms with Crippen molar-refractivity contribution >= 4 is 17.6 Å². The highest BCUT2D eigenvalue weighted by atomic mass is 35.5. The molecule has 0 radical (unpaired) electrons. The molecule has 0 saturated heterocycles. The van der Waals surface area contributed by atoms with Crippen molar-refractivity contribution < 1.29 is 9.90 Å². The Labute approximate surface area is 131 Å². The van der Waals surface area contributed by atoms with Gasteiger partial charge in [0.2, 0.25) is 0 Å².